The highest BCUT2D eigenvalue weighted by Gasteiger charge is 2.18. The summed E-state index contributed by atoms with van der Waals surface area (Å²) in [4.78, 5) is 30.2. The van der Waals surface area contributed by atoms with Gasteiger partial charge in [-0.05, 0) is 0 Å². The third-order valence-electron chi connectivity index (χ3n) is 1.55. The lowest BCUT2D eigenvalue weighted by atomic mass is 10.2. The number of hydrogen-bond acceptors (Lipinski definition) is 5. The first-order valence-electron chi connectivity index (χ1n) is 3.55. The van der Waals surface area contributed by atoms with Crippen molar-refractivity contribution < 1.29 is 14.6 Å². The summed E-state index contributed by atoms with van der Waals surface area (Å²) in [6.45, 7) is 0. The number of nitrogens with zero attached hydrogens (tertiary/aromatic N) is 2. The second kappa shape index (κ2) is 4.29. The lowest BCUT2D eigenvalue weighted by molar-refractivity contribution is -0.394. The molecule has 0 aliphatic rings. The lowest BCUT2D eigenvalue weighted by Crippen LogP contribution is -1.97. The maximum Gasteiger partial charge on any atom is 0.277 e. The summed E-state index contributed by atoms with van der Waals surface area (Å²) in [6.07, 6.45) is 0. The van der Waals surface area contributed by atoms with Crippen molar-refractivity contribution in [2.75, 3.05) is 0 Å². The molecule has 15 heavy (non-hydrogen) atoms. The molecule has 78 valence electrons. The van der Waals surface area contributed by atoms with Gasteiger partial charge in [0, 0.05) is 40.3 Å². The van der Waals surface area contributed by atoms with E-state index >= 15 is 0 Å². The lowest BCUT2D eigenvalue weighted by Gasteiger charge is -1.96. The molecule has 0 saturated carbocycles. The van der Waals surface area contributed by atoms with Crippen molar-refractivity contribution in [1.29, 1.82) is 0 Å². The van der Waals surface area contributed by atoms with E-state index in [1.165, 1.54) is 22.6 Å². The summed E-state index contributed by atoms with van der Waals surface area (Å²) in [5.74, 6) is 0. The average molecular weight is 322 g/mol. The van der Waals surface area contributed by atoms with Crippen LogP contribution in [0.1, 0.15) is 10.4 Å². The van der Waals surface area contributed by atoms with Gasteiger partial charge in [0.15, 0.2) is 0 Å². The molecule has 0 unspecified atom stereocenters. The standard InChI is InChI=1S/C7H3IN2O5/c8-7(11)4-1-5(9(12)13)3-6(2-4)10(14)15/h1-3H. The zero-order chi connectivity index (χ0) is 11.6. The Labute approximate surface area is 96.5 Å². The van der Waals surface area contributed by atoms with E-state index in [0.29, 0.717) is 0 Å². The van der Waals surface area contributed by atoms with Crippen LogP contribution in [-0.4, -0.2) is 13.6 Å². The fourth-order valence-corrected chi connectivity index (χ4v) is 1.23. The minimum atomic E-state index is -0.782. The second-order valence-corrected chi connectivity index (χ2v) is 3.51. The van der Waals surface area contributed by atoms with Gasteiger partial charge in [-0.3, -0.25) is 25.0 Å². The smallest absolute Gasteiger partial charge is 0.277 e. The molecule has 1 aromatic rings. The zero-order valence-electron chi connectivity index (χ0n) is 7.05. The fraction of sp³-hybridized carbons (Fsp3) is 0. The summed E-state index contributed by atoms with van der Waals surface area (Å²) in [7, 11) is 0. The van der Waals surface area contributed by atoms with Gasteiger partial charge in [-0.1, -0.05) is 0 Å². The molecule has 0 spiro atoms. The van der Waals surface area contributed by atoms with Gasteiger partial charge >= 0.3 is 0 Å². The Morgan fingerprint density at radius 1 is 1.07 bits per heavy atom. The molecule has 0 aromatic heterocycles. The maximum atomic E-state index is 10.9. The molecule has 0 aliphatic carbocycles. The van der Waals surface area contributed by atoms with Gasteiger partial charge < -0.3 is 0 Å². The molecular formula is C7H3IN2O5. The van der Waals surface area contributed by atoms with Crippen LogP contribution in [0.5, 0.6) is 0 Å². The van der Waals surface area contributed by atoms with Gasteiger partial charge in [0.25, 0.3) is 11.4 Å². The number of benzene rings is 1. The maximum absolute atomic E-state index is 10.9. The number of halogens is 1. The van der Waals surface area contributed by atoms with E-state index in [1.807, 2.05) is 0 Å². The van der Waals surface area contributed by atoms with Gasteiger partial charge in [0.2, 0.25) is 3.79 Å². The van der Waals surface area contributed by atoms with Crippen molar-refractivity contribution in [2.24, 2.45) is 0 Å². The fourth-order valence-electron chi connectivity index (χ4n) is 0.919. The molecule has 0 aliphatic heterocycles. The SMILES string of the molecule is O=C(I)c1cc([N+](=O)[O-])cc([N+](=O)[O-])c1. The van der Waals surface area contributed by atoms with Crippen molar-refractivity contribution in [3.8, 4) is 0 Å². The summed E-state index contributed by atoms with van der Waals surface area (Å²) in [6, 6.07) is 2.81. The quantitative estimate of drug-likeness (QED) is 0.367. The number of hydrogen-bond donors (Lipinski definition) is 0. The van der Waals surface area contributed by atoms with Crippen LogP contribution in [0, 0.1) is 20.2 Å². The normalized spacial score (nSPS) is 9.67. The van der Waals surface area contributed by atoms with Crippen LogP contribution in [0.2, 0.25) is 0 Å². The van der Waals surface area contributed by atoms with Gasteiger partial charge in [-0.25, -0.2) is 0 Å². The number of nitro groups is 2. The second-order valence-electron chi connectivity index (χ2n) is 2.53. The first kappa shape index (κ1) is 11.5. The minimum Gasteiger partial charge on any atom is -0.282 e. The highest BCUT2D eigenvalue weighted by Crippen LogP contribution is 2.23. The van der Waals surface area contributed by atoms with Gasteiger partial charge in [0.1, 0.15) is 0 Å². The van der Waals surface area contributed by atoms with Crippen molar-refractivity contribution in [2.45, 2.75) is 0 Å². The highest BCUT2D eigenvalue weighted by molar-refractivity contribution is 14.1. The molecule has 7 nitrogen and oxygen atoms in total. The molecule has 0 amide bonds. The minimum absolute atomic E-state index is 0.0588. The predicted molar refractivity (Wildman–Crippen MR) is 58.1 cm³/mol. The highest BCUT2D eigenvalue weighted by atomic mass is 127. The molecule has 1 aromatic carbocycles. The van der Waals surface area contributed by atoms with E-state index in [-0.39, 0.29) is 5.56 Å². The number of rotatable bonds is 3. The third-order valence-corrected chi connectivity index (χ3v) is 2.17. The van der Waals surface area contributed by atoms with E-state index in [0.717, 1.165) is 18.2 Å². The Balaban J connectivity index is 3.39. The first-order chi connectivity index (χ1) is 6.91. The molecule has 0 heterocycles. The molecule has 8 heteroatoms. The van der Waals surface area contributed by atoms with Gasteiger partial charge in [-0.2, -0.15) is 0 Å². The van der Waals surface area contributed by atoms with Gasteiger partial charge in [0.05, 0.1) is 15.9 Å². The van der Waals surface area contributed by atoms with E-state index in [4.69, 9.17) is 0 Å². The third kappa shape index (κ3) is 2.68. The van der Waals surface area contributed by atoms with Crippen molar-refractivity contribution in [3.05, 3.63) is 44.0 Å². The number of non-ortho nitro benzene ring substituents is 2. The Hall–Kier alpha value is -1.58. The van der Waals surface area contributed by atoms with E-state index < -0.39 is 25.0 Å². The summed E-state index contributed by atoms with van der Waals surface area (Å²) >= 11 is 1.40. The topological polar surface area (TPSA) is 103 Å². The summed E-state index contributed by atoms with van der Waals surface area (Å²) < 4.78 is -0.487. The molecule has 0 fully saturated rings. The number of carbonyl (C=O) groups is 1. The van der Waals surface area contributed by atoms with E-state index in [1.54, 1.807) is 0 Å². The van der Waals surface area contributed by atoms with E-state index in [2.05, 4.69) is 0 Å². The first-order valence-corrected chi connectivity index (χ1v) is 4.63. The molecule has 0 atom stereocenters. The number of nitro benzene ring substituents is 2. The molecule has 0 N–H and O–H groups in total. The molecule has 1 rings (SSSR count). The van der Waals surface area contributed by atoms with Crippen LogP contribution >= 0.6 is 22.6 Å². The van der Waals surface area contributed by atoms with Crippen LogP contribution in [0.15, 0.2) is 18.2 Å². The van der Waals surface area contributed by atoms with Crippen LogP contribution in [0.25, 0.3) is 0 Å². The Bertz CT molecular complexity index is 380. The Morgan fingerprint density at radius 2 is 1.47 bits per heavy atom. The Morgan fingerprint density at radius 3 is 1.73 bits per heavy atom. The van der Waals surface area contributed by atoms with E-state index in [9.17, 15) is 25.0 Å². The predicted octanol–water partition coefficient (Wildman–Crippen LogP) is 2.08. The summed E-state index contributed by atoms with van der Waals surface area (Å²) in [5.41, 5.74) is -0.995. The van der Waals surface area contributed by atoms with Crippen molar-refractivity contribution in [3.63, 3.8) is 0 Å². The monoisotopic (exact) mass is 322 g/mol. The van der Waals surface area contributed by atoms with Crippen LogP contribution in [-0.2, 0) is 0 Å². The average Bonchev–Trinajstić information content (AvgIpc) is 2.16. The van der Waals surface area contributed by atoms with Crippen LogP contribution in [0.3, 0.4) is 0 Å². The molecule has 0 saturated heterocycles. The Kier molecular flexibility index (Phi) is 3.29. The van der Waals surface area contributed by atoms with Crippen LogP contribution in [0.4, 0.5) is 11.4 Å². The zero-order valence-corrected chi connectivity index (χ0v) is 9.20. The molecule has 0 bridgehead atoms. The number of carbonyl (C=O) groups excluding carboxylic acids is 1. The van der Waals surface area contributed by atoms with Gasteiger partial charge in [-0.15, -0.1) is 0 Å². The molecule has 0 radical (unpaired) electrons. The van der Waals surface area contributed by atoms with Crippen molar-refractivity contribution in [1.82, 2.24) is 0 Å². The van der Waals surface area contributed by atoms with Crippen LogP contribution < -0.4 is 0 Å². The molecular weight excluding hydrogens is 319 g/mol. The van der Waals surface area contributed by atoms with Crippen molar-refractivity contribution >= 4 is 37.8 Å². The largest absolute Gasteiger partial charge is 0.282 e. The summed E-state index contributed by atoms with van der Waals surface area (Å²) in [5, 5.41) is 20.8.